The molecule has 1 aliphatic heterocycles. The standard InChI is InChI=1S/C15H30N2O/c16-12-15(7-3-1-2-4-8-15)13-17-9-5-6-14(10-17)11-18/h14,18H,1-13,16H2. The minimum absolute atomic E-state index is 0.353. The smallest absolute Gasteiger partial charge is 0.0471 e. The number of piperidine rings is 1. The van der Waals surface area contributed by atoms with E-state index in [0.717, 1.165) is 13.1 Å². The van der Waals surface area contributed by atoms with Crippen molar-refractivity contribution in [3.63, 3.8) is 0 Å². The van der Waals surface area contributed by atoms with Crippen LogP contribution in [0.3, 0.4) is 0 Å². The largest absolute Gasteiger partial charge is 0.396 e. The van der Waals surface area contributed by atoms with Crippen LogP contribution in [0.2, 0.25) is 0 Å². The zero-order chi connectivity index (χ0) is 12.8. The first-order valence-corrected chi connectivity index (χ1v) is 7.81. The Bertz CT molecular complexity index is 237. The molecule has 2 rings (SSSR count). The normalized spacial score (nSPS) is 30.0. The summed E-state index contributed by atoms with van der Waals surface area (Å²) in [6, 6.07) is 0. The van der Waals surface area contributed by atoms with Gasteiger partial charge >= 0.3 is 0 Å². The first kappa shape index (κ1) is 14.3. The molecular weight excluding hydrogens is 224 g/mol. The highest BCUT2D eigenvalue weighted by molar-refractivity contribution is 4.87. The van der Waals surface area contributed by atoms with Crippen molar-refractivity contribution >= 4 is 0 Å². The molecule has 18 heavy (non-hydrogen) atoms. The highest BCUT2D eigenvalue weighted by Crippen LogP contribution is 2.35. The van der Waals surface area contributed by atoms with E-state index in [2.05, 4.69) is 4.90 Å². The molecule has 0 spiro atoms. The maximum atomic E-state index is 9.33. The van der Waals surface area contributed by atoms with Crippen LogP contribution in [-0.2, 0) is 0 Å². The maximum Gasteiger partial charge on any atom is 0.0471 e. The van der Waals surface area contributed by atoms with Gasteiger partial charge in [-0.15, -0.1) is 0 Å². The predicted molar refractivity (Wildman–Crippen MR) is 75.4 cm³/mol. The zero-order valence-corrected chi connectivity index (χ0v) is 11.7. The lowest BCUT2D eigenvalue weighted by Crippen LogP contribution is -2.46. The lowest BCUT2D eigenvalue weighted by molar-refractivity contribution is 0.0731. The lowest BCUT2D eigenvalue weighted by Gasteiger charge is -2.40. The molecule has 1 heterocycles. The first-order chi connectivity index (χ1) is 8.78. The average Bonchev–Trinajstić information content (AvgIpc) is 2.65. The van der Waals surface area contributed by atoms with Gasteiger partial charge in [-0.05, 0) is 50.1 Å². The summed E-state index contributed by atoms with van der Waals surface area (Å²) >= 11 is 0. The highest BCUT2D eigenvalue weighted by atomic mass is 16.3. The second-order valence-corrected chi connectivity index (χ2v) is 6.54. The Morgan fingerprint density at radius 2 is 1.83 bits per heavy atom. The number of hydrogen-bond acceptors (Lipinski definition) is 3. The average molecular weight is 254 g/mol. The van der Waals surface area contributed by atoms with Crippen LogP contribution >= 0.6 is 0 Å². The minimum Gasteiger partial charge on any atom is -0.396 e. The van der Waals surface area contributed by atoms with Crippen LogP contribution in [0.25, 0.3) is 0 Å². The van der Waals surface area contributed by atoms with Crippen LogP contribution in [-0.4, -0.2) is 42.8 Å². The van der Waals surface area contributed by atoms with Gasteiger partial charge in [0, 0.05) is 19.7 Å². The molecular formula is C15H30N2O. The van der Waals surface area contributed by atoms with Crippen LogP contribution in [0.1, 0.15) is 51.4 Å². The Labute approximate surface area is 112 Å². The van der Waals surface area contributed by atoms with Gasteiger partial charge in [-0.25, -0.2) is 0 Å². The minimum atomic E-state index is 0.353. The van der Waals surface area contributed by atoms with Crippen molar-refractivity contribution in [2.45, 2.75) is 51.4 Å². The predicted octanol–water partition coefficient (Wildman–Crippen LogP) is 1.99. The van der Waals surface area contributed by atoms with Crippen molar-refractivity contribution in [1.29, 1.82) is 0 Å². The Kier molecular flexibility index (Phi) is 5.46. The Balaban J connectivity index is 1.91. The summed E-state index contributed by atoms with van der Waals surface area (Å²) in [7, 11) is 0. The molecule has 0 aromatic rings. The molecule has 3 heteroatoms. The van der Waals surface area contributed by atoms with E-state index >= 15 is 0 Å². The van der Waals surface area contributed by atoms with Crippen molar-refractivity contribution < 1.29 is 5.11 Å². The summed E-state index contributed by atoms with van der Waals surface area (Å²) < 4.78 is 0. The van der Waals surface area contributed by atoms with E-state index in [4.69, 9.17) is 5.73 Å². The molecule has 0 radical (unpaired) electrons. The van der Waals surface area contributed by atoms with Gasteiger partial charge in [0.1, 0.15) is 0 Å². The number of hydrogen-bond donors (Lipinski definition) is 2. The van der Waals surface area contributed by atoms with Gasteiger partial charge in [0.2, 0.25) is 0 Å². The van der Waals surface area contributed by atoms with Gasteiger partial charge in [-0.2, -0.15) is 0 Å². The molecule has 3 nitrogen and oxygen atoms in total. The number of aliphatic hydroxyl groups excluding tert-OH is 1. The van der Waals surface area contributed by atoms with Crippen molar-refractivity contribution in [2.24, 2.45) is 17.1 Å². The Morgan fingerprint density at radius 3 is 2.44 bits per heavy atom. The van der Waals surface area contributed by atoms with E-state index < -0.39 is 0 Å². The molecule has 0 aromatic carbocycles. The number of aliphatic hydroxyl groups is 1. The maximum absolute atomic E-state index is 9.33. The van der Waals surface area contributed by atoms with Crippen LogP contribution in [0, 0.1) is 11.3 Å². The molecule has 0 aromatic heterocycles. The van der Waals surface area contributed by atoms with E-state index in [9.17, 15) is 5.11 Å². The van der Waals surface area contributed by atoms with E-state index in [-0.39, 0.29) is 0 Å². The summed E-state index contributed by atoms with van der Waals surface area (Å²) in [6.07, 6.45) is 10.5. The van der Waals surface area contributed by atoms with Gasteiger partial charge in [-0.3, -0.25) is 0 Å². The summed E-state index contributed by atoms with van der Waals surface area (Å²) in [6.45, 7) is 4.65. The number of likely N-dealkylation sites (tertiary alicyclic amines) is 1. The third kappa shape index (κ3) is 3.69. The van der Waals surface area contributed by atoms with Gasteiger partial charge < -0.3 is 15.7 Å². The van der Waals surface area contributed by atoms with Crippen LogP contribution in [0.15, 0.2) is 0 Å². The number of nitrogens with zero attached hydrogens (tertiary/aromatic N) is 1. The van der Waals surface area contributed by atoms with E-state index in [1.165, 1.54) is 64.5 Å². The molecule has 1 saturated carbocycles. The van der Waals surface area contributed by atoms with Gasteiger partial charge in [-0.1, -0.05) is 25.7 Å². The molecule has 2 fully saturated rings. The summed E-state index contributed by atoms with van der Waals surface area (Å²) in [5.74, 6) is 0.499. The zero-order valence-electron chi connectivity index (χ0n) is 11.7. The molecule has 1 saturated heterocycles. The Hall–Kier alpha value is -0.120. The molecule has 0 amide bonds. The number of nitrogens with two attached hydrogens (primary N) is 1. The van der Waals surface area contributed by atoms with Crippen molar-refractivity contribution in [1.82, 2.24) is 4.90 Å². The van der Waals surface area contributed by atoms with Gasteiger partial charge in [0.05, 0.1) is 0 Å². The fourth-order valence-electron chi connectivity index (χ4n) is 3.82. The molecule has 0 bridgehead atoms. The van der Waals surface area contributed by atoms with Crippen molar-refractivity contribution in [3.8, 4) is 0 Å². The fraction of sp³-hybridized carbons (Fsp3) is 1.00. The summed E-state index contributed by atoms with van der Waals surface area (Å²) in [4.78, 5) is 2.57. The third-order valence-corrected chi connectivity index (χ3v) is 5.02. The quantitative estimate of drug-likeness (QED) is 0.754. The summed E-state index contributed by atoms with van der Waals surface area (Å²) in [5, 5.41) is 9.33. The molecule has 1 unspecified atom stereocenters. The molecule has 1 aliphatic carbocycles. The van der Waals surface area contributed by atoms with Gasteiger partial charge in [0.15, 0.2) is 0 Å². The van der Waals surface area contributed by atoms with Crippen LogP contribution < -0.4 is 5.73 Å². The Morgan fingerprint density at radius 1 is 1.11 bits per heavy atom. The monoisotopic (exact) mass is 254 g/mol. The molecule has 106 valence electrons. The lowest BCUT2D eigenvalue weighted by atomic mass is 9.79. The number of rotatable bonds is 4. The topological polar surface area (TPSA) is 49.5 Å². The van der Waals surface area contributed by atoms with E-state index in [1.54, 1.807) is 0 Å². The van der Waals surface area contributed by atoms with Gasteiger partial charge in [0.25, 0.3) is 0 Å². The molecule has 2 aliphatic rings. The summed E-state index contributed by atoms with van der Waals surface area (Å²) in [5.41, 5.74) is 6.48. The molecule has 3 N–H and O–H groups in total. The third-order valence-electron chi connectivity index (χ3n) is 5.02. The van der Waals surface area contributed by atoms with Crippen molar-refractivity contribution in [3.05, 3.63) is 0 Å². The second kappa shape index (κ2) is 6.88. The second-order valence-electron chi connectivity index (χ2n) is 6.54. The van der Waals surface area contributed by atoms with E-state index in [1.807, 2.05) is 0 Å². The van der Waals surface area contributed by atoms with Crippen LogP contribution in [0.4, 0.5) is 0 Å². The first-order valence-electron chi connectivity index (χ1n) is 7.81. The van der Waals surface area contributed by atoms with Crippen molar-refractivity contribution in [2.75, 3.05) is 32.8 Å². The fourth-order valence-corrected chi connectivity index (χ4v) is 3.82. The highest BCUT2D eigenvalue weighted by Gasteiger charge is 2.33. The van der Waals surface area contributed by atoms with E-state index in [0.29, 0.717) is 17.9 Å². The SMILES string of the molecule is NCC1(CN2CCCC(CO)C2)CCCCCC1. The van der Waals surface area contributed by atoms with Crippen LogP contribution in [0.5, 0.6) is 0 Å². The molecule has 1 atom stereocenters.